The van der Waals surface area contributed by atoms with E-state index >= 15 is 0 Å². The van der Waals surface area contributed by atoms with Gasteiger partial charge >= 0.3 is 5.65 Å². The van der Waals surface area contributed by atoms with Crippen molar-refractivity contribution in [3.8, 4) is 0 Å². The Balaban J connectivity index is 2.67. The van der Waals surface area contributed by atoms with Crippen molar-refractivity contribution in [3.63, 3.8) is 0 Å². The molecule has 0 aliphatic heterocycles. The van der Waals surface area contributed by atoms with Crippen LogP contribution in [0, 0.1) is 0 Å². The lowest BCUT2D eigenvalue weighted by Gasteiger charge is -1.94. The van der Waals surface area contributed by atoms with Gasteiger partial charge in [-0.2, -0.15) is 0 Å². The molecule has 0 radical (unpaired) electrons. The van der Waals surface area contributed by atoms with Gasteiger partial charge in [-0.05, 0) is 22.9 Å². The number of hydrogen-bond donors (Lipinski definition) is 1. The molecule has 0 aliphatic rings. The molecule has 2 rings (SSSR count). The lowest BCUT2D eigenvalue weighted by atomic mass is 10.3. The van der Waals surface area contributed by atoms with E-state index < -0.39 is 0 Å². The second kappa shape index (κ2) is 3.09. The lowest BCUT2D eigenvalue weighted by molar-refractivity contribution is -0.866. The molecule has 0 aliphatic carbocycles. The largest absolute Gasteiger partial charge is 0.339 e. The van der Waals surface area contributed by atoms with Gasteiger partial charge < -0.3 is 4.84 Å². The first kappa shape index (κ1) is 8.10. The van der Waals surface area contributed by atoms with Gasteiger partial charge in [-0.3, -0.25) is 0 Å². The van der Waals surface area contributed by atoms with Crippen LogP contribution in [0.2, 0.25) is 0 Å². The van der Waals surface area contributed by atoms with E-state index in [1.54, 1.807) is 11.8 Å². The molecule has 0 saturated carbocycles. The molecule has 68 valence electrons. The predicted octanol–water partition coefficient (Wildman–Crippen LogP) is 1.08. The van der Waals surface area contributed by atoms with E-state index in [0.717, 1.165) is 12.1 Å². The SMILES string of the molecule is CCc1cc2ccc[n+](OC)c2[nH]1. The molecule has 0 unspecified atom stereocenters. The van der Waals surface area contributed by atoms with E-state index in [1.165, 1.54) is 11.1 Å². The third-order valence-corrected chi connectivity index (χ3v) is 2.18. The molecule has 13 heavy (non-hydrogen) atoms. The average molecular weight is 177 g/mol. The highest BCUT2D eigenvalue weighted by molar-refractivity contribution is 5.73. The maximum Gasteiger partial charge on any atom is 0.326 e. The number of fused-ring (bicyclic) bond motifs is 1. The Bertz CT molecular complexity index is 420. The molecule has 0 saturated heterocycles. The summed E-state index contributed by atoms with van der Waals surface area (Å²) in [5.74, 6) is 0. The van der Waals surface area contributed by atoms with Crippen molar-refractivity contribution in [2.24, 2.45) is 0 Å². The van der Waals surface area contributed by atoms with Gasteiger partial charge in [0.05, 0.1) is 5.39 Å². The Kier molecular flexibility index (Phi) is 1.93. The summed E-state index contributed by atoms with van der Waals surface area (Å²) < 4.78 is 1.73. The molecular weight excluding hydrogens is 164 g/mol. The molecule has 0 aromatic carbocycles. The number of nitrogens with zero attached hydrogens (tertiary/aromatic N) is 1. The summed E-state index contributed by atoms with van der Waals surface area (Å²) in [4.78, 5) is 8.47. The summed E-state index contributed by atoms with van der Waals surface area (Å²) in [5, 5.41) is 1.18. The van der Waals surface area contributed by atoms with Gasteiger partial charge in [0.15, 0.2) is 0 Å². The number of nitrogens with one attached hydrogen (secondary N) is 1. The third kappa shape index (κ3) is 1.26. The van der Waals surface area contributed by atoms with Crippen LogP contribution in [0.4, 0.5) is 0 Å². The number of aromatic nitrogens is 2. The van der Waals surface area contributed by atoms with Gasteiger partial charge in [0.25, 0.3) is 0 Å². The highest BCUT2D eigenvalue weighted by Crippen LogP contribution is 2.10. The van der Waals surface area contributed by atoms with E-state index in [1.807, 2.05) is 12.3 Å². The van der Waals surface area contributed by atoms with Crippen molar-refractivity contribution in [1.82, 2.24) is 4.98 Å². The monoisotopic (exact) mass is 177 g/mol. The zero-order valence-corrected chi connectivity index (χ0v) is 7.87. The van der Waals surface area contributed by atoms with Crippen LogP contribution in [0.3, 0.4) is 0 Å². The molecular formula is C10H13N2O+. The molecule has 2 aromatic heterocycles. The number of H-pyrrole nitrogens is 1. The van der Waals surface area contributed by atoms with Gasteiger partial charge in [0, 0.05) is 6.42 Å². The minimum absolute atomic E-state index is 1.01. The average Bonchev–Trinajstić information content (AvgIpc) is 2.59. The Morgan fingerprint density at radius 1 is 1.54 bits per heavy atom. The number of pyridine rings is 1. The summed E-state index contributed by atoms with van der Waals surface area (Å²) in [6, 6.07) is 6.18. The Morgan fingerprint density at radius 2 is 2.38 bits per heavy atom. The fourth-order valence-electron chi connectivity index (χ4n) is 1.47. The highest BCUT2D eigenvalue weighted by Gasteiger charge is 2.10. The van der Waals surface area contributed by atoms with Crippen molar-refractivity contribution in [2.75, 3.05) is 7.11 Å². The normalized spacial score (nSPS) is 10.6. The Labute approximate surface area is 76.9 Å². The summed E-state index contributed by atoms with van der Waals surface area (Å²) in [7, 11) is 1.66. The first-order valence-corrected chi connectivity index (χ1v) is 4.42. The molecule has 2 heterocycles. The predicted molar refractivity (Wildman–Crippen MR) is 50.4 cm³/mol. The van der Waals surface area contributed by atoms with Crippen LogP contribution in [0.25, 0.3) is 11.0 Å². The van der Waals surface area contributed by atoms with Gasteiger partial charge in [0.1, 0.15) is 19.0 Å². The number of aromatic amines is 1. The summed E-state index contributed by atoms with van der Waals surface area (Å²) >= 11 is 0. The van der Waals surface area contributed by atoms with Crippen LogP contribution in [0.15, 0.2) is 24.4 Å². The van der Waals surface area contributed by atoms with Crippen molar-refractivity contribution in [1.29, 1.82) is 0 Å². The third-order valence-electron chi connectivity index (χ3n) is 2.18. The van der Waals surface area contributed by atoms with Crippen molar-refractivity contribution in [2.45, 2.75) is 13.3 Å². The molecule has 0 bridgehead atoms. The topological polar surface area (TPSA) is 28.9 Å². The van der Waals surface area contributed by atoms with Crippen LogP contribution in [-0.4, -0.2) is 12.1 Å². The fourth-order valence-corrected chi connectivity index (χ4v) is 1.47. The first-order valence-electron chi connectivity index (χ1n) is 4.42. The van der Waals surface area contributed by atoms with Gasteiger partial charge in [0.2, 0.25) is 0 Å². The molecule has 0 amide bonds. The molecule has 0 fully saturated rings. The molecule has 3 nitrogen and oxygen atoms in total. The van der Waals surface area contributed by atoms with Crippen LogP contribution in [0.5, 0.6) is 0 Å². The Hall–Kier alpha value is -1.51. The number of aryl methyl sites for hydroxylation is 1. The Morgan fingerprint density at radius 3 is 3.08 bits per heavy atom. The van der Waals surface area contributed by atoms with Crippen LogP contribution in [0.1, 0.15) is 12.6 Å². The summed E-state index contributed by atoms with van der Waals surface area (Å²) in [6.45, 7) is 2.13. The van der Waals surface area contributed by atoms with Crippen LogP contribution >= 0.6 is 0 Å². The molecule has 0 spiro atoms. The van der Waals surface area contributed by atoms with E-state index in [2.05, 4.69) is 24.0 Å². The van der Waals surface area contributed by atoms with Gasteiger partial charge in [-0.15, -0.1) is 0 Å². The van der Waals surface area contributed by atoms with Crippen molar-refractivity contribution < 1.29 is 9.57 Å². The minimum atomic E-state index is 1.01. The maximum atomic E-state index is 5.17. The lowest BCUT2D eigenvalue weighted by Crippen LogP contribution is -2.40. The fraction of sp³-hybridized carbons (Fsp3) is 0.300. The number of hydrogen-bond acceptors (Lipinski definition) is 1. The van der Waals surface area contributed by atoms with Crippen LogP contribution < -0.4 is 9.57 Å². The number of rotatable bonds is 2. The smallest absolute Gasteiger partial charge is 0.326 e. The van der Waals surface area contributed by atoms with E-state index in [9.17, 15) is 0 Å². The summed E-state index contributed by atoms with van der Waals surface area (Å²) in [5.41, 5.74) is 2.24. The zero-order chi connectivity index (χ0) is 9.26. The van der Waals surface area contributed by atoms with E-state index in [4.69, 9.17) is 4.84 Å². The standard InChI is InChI=1S/C10H12N2O/c1-3-9-7-8-5-4-6-12(13-2)10(8)11-9/h4-7H,3H2,1-2H3/p+1. The highest BCUT2D eigenvalue weighted by atomic mass is 16.6. The molecule has 0 atom stereocenters. The van der Waals surface area contributed by atoms with Crippen LogP contribution in [-0.2, 0) is 6.42 Å². The second-order valence-electron chi connectivity index (χ2n) is 2.97. The van der Waals surface area contributed by atoms with E-state index in [0.29, 0.717) is 0 Å². The minimum Gasteiger partial charge on any atom is -0.339 e. The van der Waals surface area contributed by atoms with Crippen molar-refractivity contribution in [3.05, 3.63) is 30.1 Å². The summed E-state index contributed by atoms with van der Waals surface area (Å²) in [6.07, 6.45) is 2.90. The van der Waals surface area contributed by atoms with Gasteiger partial charge in [-0.1, -0.05) is 6.92 Å². The second-order valence-corrected chi connectivity index (χ2v) is 2.97. The van der Waals surface area contributed by atoms with Crippen molar-refractivity contribution >= 4 is 11.0 Å². The van der Waals surface area contributed by atoms with Gasteiger partial charge in [-0.25, -0.2) is 4.98 Å². The first-order chi connectivity index (χ1) is 6.35. The van der Waals surface area contributed by atoms with E-state index in [-0.39, 0.29) is 0 Å². The quantitative estimate of drug-likeness (QED) is 0.683. The molecule has 1 N–H and O–H groups in total. The maximum absolute atomic E-state index is 5.17. The zero-order valence-electron chi connectivity index (χ0n) is 7.87. The molecule has 2 aromatic rings. The molecule has 3 heteroatoms.